The van der Waals surface area contributed by atoms with Crippen molar-refractivity contribution in [3.63, 3.8) is 0 Å². The number of hydrogen-bond donors (Lipinski definition) is 3. The molecule has 17 heavy (non-hydrogen) atoms. The number of aliphatic hydroxyl groups is 1. The number of hydrogen-bond acceptors (Lipinski definition) is 3. The van der Waals surface area contributed by atoms with Gasteiger partial charge in [-0.05, 0) is 26.2 Å². The van der Waals surface area contributed by atoms with Crippen molar-refractivity contribution in [2.75, 3.05) is 13.2 Å². The molecule has 0 aromatic rings. The highest BCUT2D eigenvalue weighted by Crippen LogP contribution is 2.16. The van der Waals surface area contributed by atoms with E-state index in [1.807, 2.05) is 6.92 Å². The lowest BCUT2D eigenvalue weighted by atomic mass is 10.0. The maximum atomic E-state index is 11.9. The molecule has 1 fully saturated rings. The van der Waals surface area contributed by atoms with Crippen LogP contribution in [0.25, 0.3) is 0 Å². The molecule has 98 valence electrons. The van der Waals surface area contributed by atoms with E-state index < -0.39 is 12.0 Å². The Hall–Kier alpha value is -1.30. The Kier molecular flexibility index (Phi) is 5.21. The lowest BCUT2D eigenvalue weighted by molar-refractivity contribution is -0.139. The minimum Gasteiger partial charge on any atom is -0.480 e. The molecule has 0 aliphatic carbocycles. The fraction of sp³-hybridized carbons (Fsp3) is 0.818. The molecule has 1 aliphatic heterocycles. The maximum Gasteiger partial charge on any atom is 0.326 e. The standard InChI is InChI=1S/C11H20N2O4/c1-8-4-2-3-6-13(8)11(17)12-9(5-7-14)10(15)16/h8-9,14H,2-7H2,1H3,(H,12,17)(H,15,16). The van der Waals surface area contributed by atoms with Crippen LogP contribution in [0.5, 0.6) is 0 Å². The first-order chi connectivity index (χ1) is 8.06. The Balaban J connectivity index is 2.53. The van der Waals surface area contributed by atoms with Gasteiger partial charge in [0.05, 0.1) is 0 Å². The highest BCUT2D eigenvalue weighted by atomic mass is 16.4. The molecule has 0 bridgehead atoms. The molecule has 1 heterocycles. The molecule has 6 heteroatoms. The molecule has 2 amide bonds. The van der Waals surface area contributed by atoms with Gasteiger partial charge in [0.2, 0.25) is 0 Å². The number of carbonyl (C=O) groups excluding carboxylic acids is 1. The summed E-state index contributed by atoms with van der Waals surface area (Å²) in [7, 11) is 0. The number of carboxylic acids is 1. The fourth-order valence-electron chi connectivity index (χ4n) is 2.02. The van der Waals surface area contributed by atoms with Gasteiger partial charge >= 0.3 is 12.0 Å². The molecule has 2 unspecified atom stereocenters. The Bertz CT molecular complexity index is 283. The van der Waals surface area contributed by atoms with Crippen molar-refractivity contribution in [1.82, 2.24) is 10.2 Å². The third-order valence-electron chi connectivity index (χ3n) is 3.08. The maximum absolute atomic E-state index is 11.9. The number of rotatable bonds is 4. The van der Waals surface area contributed by atoms with Crippen molar-refractivity contribution in [2.24, 2.45) is 0 Å². The molecular formula is C11H20N2O4. The van der Waals surface area contributed by atoms with Gasteiger partial charge < -0.3 is 20.4 Å². The molecule has 3 N–H and O–H groups in total. The van der Waals surface area contributed by atoms with Crippen molar-refractivity contribution < 1.29 is 19.8 Å². The normalized spacial score (nSPS) is 22.0. The molecule has 1 aliphatic rings. The minimum atomic E-state index is -1.11. The minimum absolute atomic E-state index is 0.0310. The quantitative estimate of drug-likeness (QED) is 0.668. The summed E-state index contributed by atoms with van der Waals surface area (Å²) in [5.74, 6) is -1.11. The third kappa shape index (κ3) is 3.89. The smallest absolute Gasteiger partial charge is 0.326 e. The van der Waals surface area contributed by atoms with E-state index >= 15 is 0 Å². The molecule has 0 aromatic carbocycles. The number of nitrogens with one attached hydrogen (secondary N) is 1. The zero-order chi connectivity index (χ0) is 12.8. The number of carbonyl (C=O) groups is 2. The number of urea groups is 1. The van der Waals surface area contributed by atoms with Gasteiger partial charge in [-0.3, -0.25) is 0 Å². The van der Waals surface area contributed by atoms with Crippen molar-refractivity contribution in [3.05, 3.63) is 0 Å². The summed E-state index contributed by atoms with van der Waals surface area (Å²) < 4.78 is 0. The second-order valence-electron chi connectivity index (χ2n) is 4.39. The van der Waals surface area contributed by atoms with E-state index in [0.29, 0.717) is 6.54 Å². The van der Waals surface area contributed by atoms with Crippen LogP contribution < -0.4 is 5.32 Å². The van der Waals surface area contributed by atoms with Gasteiger partial charge in [-0.2, -0.15) is 0 Å². The van der Waals surface area contributed by atoms with Crippen molar-refractivity contribution >= 4 is 12.0 Å². The summed E-state index contributed by atoms with van der Waals surface area (Å²) in [5, 5.41) is 20.1. The van der Waals surface area contributed by atoms with E-state index in [2.05, 4.69) is 5.32 Å². The van der Waals surface area contributed by atoms with Crippen molar-refractivity contribution in [3.8, 4) is 0 Å². The van der Waals surface area contributed by atoms with Crippen LogP contribution in [0.3, 0.4) is 0 Å². The number of aliphatic carboxylic acids is 1. The van der Waals surface area contributed by atoms with E-state index in [9.17, 15) is 9.59 Å². The number of carboxylic acid groups (broad SMARTS) is 1. The van der Waals surface area contributed by atoms with E-state index in [0.717, 1.165) is 19.3 Å². The molecule has 1 saturated heterocycles. The van der Waals surface area contributed by atoms with Crippen molar-refractivity contribution in [2.45, 2.75) is 44.7 Å². The highest BCUT2D eigenvalue weighted by Gasteiger charge is 2.27. The fourth-order valence-corrected chi connectivity index (χ4v) is 2.02. The first-order valence-electron chi connectivity index (χ1n) is 5.97. The Morgan fingerprint density at radius 1 is 1.47 bits per heavy atom. The number of likely N-dealkylation sites (tertiary alicyclic amines) is 1. The van der Waals surface area contributed by atoms with Crippen LogP contribution in [0.1, 0.15) is 32.6 Å². The summed E-state index contributed by atoms with van der Waals surface area (Å²) >= 11 is 0. The van der Waals surface area contributed by atoms with Gasteiger partial charge in [0.15, 0.2) is 0 Å². The van der Waals surface area contributed by atoms with Crippen LogP contribution in [0.2, 0.25) is 0 Å². The number of piperidine rings is 1. The van der Waals surface area contributed by atoms with E-state index in [1.165, 1.54) is 0 Å². The topological polar surface area (TPSA) is 89.9 Å². The van der Waals surface area contributed by atoms with Gasteiger partial charge in [-0.15, -0.1) is 0 Å². The summed E-state index contributed by atoms with van der Waals surface area (Å²) in [4.78, 5) is 24.4. The summed E-state index contributed by atoms with van der Waals surface area (Å²) in [6.07, 6.45) is 3.04. The predicted molar refractivity (Wildman–Crippen MR) is 61.7 cm³/mol. The average Bonchev–Trinajstić information content (AvgIpc) is 2.28. The largest absolute Gasteiger partial charge is 0.480 e. The Morgan fingerprint density at radius 2 is 2.18 bits per heavy atom. The zero-order valence-electron chi connectivity index (χ0n) is 10.1. The SMILES string of the molecule is CC1CCCCN1C(=O)NC(CCO)C(=O)O. The van der Waals surface area contributed by atoms with Crippen LogP contribution in [0, 0.1) is 0 Å². The molecule has 1 rings (SSSR count). The lowest BCUT2D eigenvalue weighted by Crippen LogP contribution is -2.52. The molecular weight excluding hydrogens is 224 g/mol. The van der Waals surface area contributed by atoms with Gasteiger partial charge in [-0.1, -0.05) is 0 Å². The number of aliphatic hydroxyl groups excluding tert-OH is 1. The lowest BCUT2D eigenvalue weighted by Gasteiger charge is -2.34. The predicted octanol–water partition coefficient (Wildman–Crippen LogP) is 0.406. The second-order valence-corrected chi connectivity index (χ2v) is 4.39. The van der Waals surface area contributed by atoms with Crippen LogP contribution in [-0.2, 0) is 4.79 Å². The molecule has 0 radical (unpaired) electrons. The van der Waals surface area contributed by atoms with Gasteiger partial charge in [0, 0.05) is 25.6 Å². The first-order valence-corrected chi connectivity index (χ1v) is 5.97. The zero-order valence-corrected chi connectivity index (χ0v) is 10.1. The van der Waals surface area contributed by atoms with Gasteiger partial charge in [0.25, 0.3) is 0 Å². The summed E-state index contributed by atoms with van der Waals surface area (Å²) in [6.45, 7) is 2.37. The van der Waals surface area contributed by atoms with Crippen LogP contribution >= 0.6 is 0 Å². The van der Waals surface area contributed by atoms with E-state index in [4.69, 9.17) is 10.2 Å². The van der Waals surface area contributed by atoms with Crippen LogP contribution in [-0.4, -0.2) is 52.3 Å². The van der Waals surface area contributed by atoms with E-state index in [-0.39, 0.29) is 25.1 Å². The van der Waals surface area contributed by atoms with Crippen LogP contribution in [0.15, 0.2) is 0 Å². The summed E-state index contributed by atoms with van der Waals surface area (Å²) in [6, 6.07) is -1.22. The summed E-state index contributed by atoms with van der Waals surface area (Å²) in [5.41, 5.74) is 0. The highest BCUT2D eigenvalue weighted by molar-refractivity contribution is 5.82. The van der Waals surface area contributed by atoms with Crippen LogP contribution in [0.4, 0.5) is 4.79 Å². The van der Waals surface area contributed by atoms with Gasteiger partial charge in [-0.25, -0.2) is 9.59 Å². The average molecular weight is 244 g/mol. The second kappa shape index (κ2) is 6.44. The first kappa shape index (κ1) is 13.8. The van der Waals surface area contributed by atoms with Gasteiger partial charge in [0.1, 0.15) is 6.04 Å². The molecule has 0 spiro atoms. The van der Waals surface area contributed by atoms with E-state index in [1.54, 1.807) is 4.90 Å². The molecule has 0 saturated carbocycles. The Labute approximate surface area is 101 Å². The monoisotopic (exact) mass is 244 g/mol. The molecule has 6 nitrogen and oxygen atoms in total. The molecule has 0 aromatic heterocycles. The Morgan fingerprint density at radius 3 is 2.71 bits per heavy atom. The number of amides is 2. The molecule has 2 atom stereocenters. The third-order valence-corrected chi connectivity index (χ3v) is 3.08. The number of nitrogens with zero attached hydrogens (tertiary/aromatic N) is 1. The van der Waals surface area contributed by atoms with Crippen molar-refractivity contribution in [1.29, 1.82) is 0 Å².